The van der Waals surface area contributed by atoms with Gasteiger partial charge in [0.1, 0.15) is 30.0 Å². The van der Waals surface area contributed by atoms with Crippen LogP contribution < -0.4 is 0 Å². The Bertz CT molecular complexity index is 1280. The minimum atomic E-state index is -1.58. The molecule has 0 saturated carbocycles. The largest absolute Gasteiger partial charge is 0.459 e. The first-order valence-corrected chi connectivity index (χ1v) is 20.3. The first-order chi connectivity index (χ1) is 25.5. The molecule has 4 rings (SSSR count). The van der Waals surface area contributed by atoms with E-state index >= 15 is 0 Å². The number of cyclic esters (lactones) is 1. The summed E-state index contributed by atoms with van der Waals surface area (Å²) >= 11 is 0. The Morgan fingerprint density at radius 1 is 1.00 bits per heavy atom. The van der Waals surface area contributed by atoms with Crippen LogP contribution in [0.15, 0.2) is 12.2 Å². The fraction of sp³-hybridized carbons (Fsp3) is 0.927. The van der Waals surface area contributed by atoms with Crippen molar-refractivity contribution in [3.8, 4) is 0 Å². The van der Waals surface area contributed by atoms with Gasteiger partial charge in [-0.25, -0.2) is 0 Å². The molecule has 14 heteroatoms. The SMILES string of the molecule is C=C1CO[C@@H]2[C@@H](C)N(C1)C[C@H](C)C[C@@](C)(O)[C@H](O[C@@H]1O[C@H](C)C[C@H](N(C)C)[C@H]1O)[C@@H](C)[C@H](OC1C[C@@](C)(OC)[C@@H](O)[C@H](C)O1)[C@@H](C)C(=O)O[C@H](CC)[C@@]2(C)O. The molecule has 4 fully saturated rings. The number of ether oxygens (including phenoxy) is 7. The number of nitrogens with zero attached hydrogens (tertiary/aromatic N) is 2. The lowest BCUT2D eigenvalue weighted by atomic mass is 9.77. The summed E-state index contributed by atoms with van der Waals surface area (Å²) in [6, 6.07) is -0.567. The Labute approximate surface area is 329 Å². The third-order valence-electron chi connectivity index (χ3n) is 12.9. The van der Waals surface area contributed by atoms with Crippen molar-refractivity contribution in [2.24, 2.45) is 17.8 Å². The maximum Gasteiger partial charge on any atom is 0.311 e. The van der Waals surface area contributed by atoms with E-state index in [1.807, 2.05) is 46.7 Å². The standard InChI is InChI=1S/C41H74N2O12/c1-15-30-41(11,48)36-27(7)43(20-23(3)21-50-36)19-22(2)17-39(9,47)35(55-38-32(44)29(42(12)13)16-24(4)51-38)25(5)33(26(6)37(46)53-30)54-31-18-40(10,49-14)34(45)28(8)52-31/h22,24-36,38,44-45,47-48H,3,15-21H2,1-2,4-14H3/t22-,24-,25+,26-,27-,28+,29+,30-,31?,32-,33+,34+,35-,36-,38+,39-,40-,41-/m1/s1. The Morgan fingerprint density at radius 3 is 2.25 bits per heavy atom. The summed E-state index contributed by atoms with van der Waals surface area (Å²) in [6.07, 6.45) is -7.28. The van der Waals surface area contributed by atoms with Crippen molar-refractivity contribution in [3.05, 3.63) is 12.2 Å². The molecule has 4 aliphatic rings. The Morgan fingerprint density at radius 2 is 1.65 bits per heavy atom. The summed E-state index contributed by atoms with van der Waals surface area (Å²) in [6.45, 7) is 23.8. The molecule has 320 valence electrons. The van der Waals surface area contributed by atoms with Crippen LogP contribution in [0.1, 0.15) is 94.9 Å². The Kier molecular flexibility index (Phi) is 15.5. The zero-order chi connectivity index (χ0) is 41.4. The summed E-state index contributed by atoms with van der Waals surface area (Å²) in [5.74, 6) is -2.43. The molecule has 0 aromatic carbocycles. The number of esters is 1. The van der Waals surface area contributed by atoms with E-state index in [1.165, 1.54) is 7.11 Å². The van der Waals surface area contributed by atoms with Gasteiger partial charge in [0.2, 0.25) is 0 Å². The lowest BCUT2D eigenvalue weighted by Crippen LogP contribution is -2.60. The van der Waals surface area contributed by atoms with Gasteiger partial charge in [-0.15, -0.1) is 0 Å². The van der Waals surface area contributed by atoms with E-state index in [-0.39, 0.29) is 43.6 Å². The zero-order valence-corrected chi connectivity index (χ0v) is 35.8. The van der Waals surface area contributed by atoms with E-state index in [4.69, 9.17) is 33.2 Å². The minimum absolute atomic E-state index is 0.105. The van der Waals surface area contributed by atoms with Crippen molar-refractivity contribution in [1.82, 2.24) is 9.80 Å². The maximum atomic E-state index is 14.4. The molecule has 0 aromatic heterocycles. The summed E-state index contributed by atoms with van der Waals surface area (Å²) in [5.41, 5.74) is -3.29. The molecule has 4 aliphatic heterocycles. The van der Waals surface area contributed by atoms with E-state index in [0.29, 0.717) is 25.9 Å². The molecule has 4 saturated heterocycles. The molecule has 14 nitrogen and oxygen atoms in total. The third kappa shape index (κ3) is 10.3. The molecule has 55 heavy (non-hydrogen) atoms. The van der Waals surface area contributed by atoms with E-state index < -0.39 is 89.9 Å². The zero-order valence-electron chi connectivity index (χ0n) is 35.8. The van der Waals surface area contributed by atoms with E-state index in [2.05, 4.69) is 18.4 Å². The Balaban J connectivity index is 1.84. The van der Waals surface area contributed by atoms with Crippen molar-refractivity contribution in [2.45, 2.75) is 185 Å². The number of fused-ring (bicyclic) bond motifs is 2. The Hall–Kier alpha value is -1.27. The van der Waals surface area contributed by atoms with Crippen LogP contribution in [-0.2, 0) is 38.0 Å². The summed E-state index contributed by atoms with van der Waals surface area (Å²) in [4.78, 5) is 18.6. The summed E-state index contributed by atoms with van der Waals surface area (Å²) < 4.78 is 44.4. The topological polar surface area (TPSA) is 169 Å². The number of likely N-dealkylation sites (N-methyl/N-ethyl adjacent to an activating group) is 1. The predicted octanol–water partition coefficient (Wildman–Crippen LogP) is 2.87. The molecule has 0 aromatic rings. The number of hydrogen-bond acceptors (Lipinski definition) is 14. The molecule has 0 amide bonds. The highest BCUT2D eigenvalue weighted by Crippen LogP contribution is 2.40. The number of carbonyl (C=O) groups is 1. The fourth-order valence-electron chi connectivity index (χ4n) is 9.65. The van der Waals surface area contributed by atoms with Gasteiger partial charge in [0.05, 0.1) is 48.1 Å². The van der Waals surface area contributed by atoms with E-state index in [9.17, 15) is 25.2 Å². The predicted molar refractivity (Wildman–Crippen MR) is 206 cm³/mol. The highest BCUT2D eigenvalue weighted by atomic mass is 16.7. The van der Waals surface area contributed by atoms with Gasteiger partial charge in [-0.1, -0.05) is 27.4 Å². The van der Waals surface area contributed by atoms with Gasteiger partial charge in [-0.3, -0.25) is 9.69 Å². The molecule has 4 N–H and O–H groups in total. The quantitative estimate of drug-likeness (QED) is 0.220. The van der Waals surface area contributed by atoms with Crippen molar-refractivity contribution in [2.75, 3.05) is 40.9 Å². The third-order valence-corrected chi connectivity index (χ3v) is 12.9. The van der Waals surface area contributed by atoms with Crippen LogP contribution >= 0.6 is 0 Å². The first-order valence-electron chi connectivity index (χ1n) is 20.3. The number of hydrogen-bond donors (Lipinski definition) is 4. The average Bonchev–Trinajstić information content (AvgIpc) is 3.23. The van der Waals surface area contributed by atoms with Crippen molar-refractivity contribution >= 4 is 5.97 Å². The molecule has 19 atom stereocenters. The van der Waals surface area contributed by atoms with Gasteiger partial charge in [0, 0.05) is 44.6 Å². The number of rotatable bonds is 7. The average molecular weight is 787 g/mol. The van der Waals surface area contributed by atoms with E-state index in [1.54, 1.807) is 34.6 Å². The van der Waals surface area contributed by atoms with Crippen LogP contribution in [-0.4, -0.2) is 167 Å². The summed E-state index contributed by atoms with van der Waals surface area (Å²) in [5, 5.41) is 47.5. The molecule has 4 heterocycles. The monoisotopic (exact) mass is 787 g/mol. The van der Waals surface area contributed by atoms with Gasteiger partial charge in [-0.2, -0.15) is 0 Å². The van der Waals surface area contributed by atoms with Gasteiger partial charge >= 0.3 is 5.97 Å². The van der Waals surface area contributed by atoms with Crippen LogP contribution in [0.5, 0.6) is 0 Å². The fourth-order valence-corrected chi connectivity index (χ4v) is 9.65. The number of methoxy groups -OCH3 is 1. The molecule has 0 radical (unpaired) electrons. The second-order valence-corrected chi connectivity index (χ2v) is 18.2. The van der Waals surface area contributed by atoms with Gasteiger partial charge in [0.15, 0.2) is 12.6 Å². The molecule has 2 unspecified atom stereocenters. The summed E-state index contributed by atoms with van der Waals surface area (Å²) in [7, 11) is 5.32. The van der Waals surface area contributed by atoms with Crippen molar-refractivity contribution < 1.29 is 58.4 Å². The van der Waals surface area contributed by atoms with Gasteiger partial charge in [0.25, 0.3) is 0 Å². The van der Waals surface area contributed by atoms with Crippen LogP contribution in [0, 0.1) is 17.8 Å². The number of aliphatic hydroxyl groups excluding tert-OH is 2. The lowest BCUT2D eigenvalue weighted by molar-refractivity contribution is -0.318. The highest BCUT2D eigenvalue weighted by molar-refractivity contribution is 5.73. The second-order valence-electron chi connectivity index (χ2n) is 18.2. The van der Waals surface area contributed by atoms with Crippen LogP contribution in [0.4, 0.5) is 0 Å². The van der Waals surface area contributed by atoms with Gasteiger partial charge in [-0.05, 0) is 93.3 Å². The number of carbonyl (C=O) groups excluding carboxylic acids is 1. The van der Waals surface area contributed by atoms with Crippen molar-refractivity contribution in [1.29, 1.82) is 0 Å². The van der Waals surface area contributed by atoms with E-state index in [0.717, 1.165) is 5.57 Å². The highest BCUT2D eigenvalue weighted by Gasteiger charge is 2.53. The molecule has 0 spiro atoms. The lowest BCUT2D eigenvalue weighted by Gasteiger charge is -2.48. The minimum Gasteiger partial charge on any atom is -0.459 e. The second kappa shape index (κ2) is 18.3. The maximum absolute atomic E-state index is 14.4. The molecular formula is C41H74N2O12. The van der Waals surface area contributed by atoms with Crippen molar-refractivity contribution in [3.63, 3.8) is 0 Å². The number of aliphatic hydroxyl groups is 4. The normalized spacial score (nSPS) is 49.8. The van der Waals surface area contributed by atoms with Crippen LogP contribution in [0.2, 0.25) is 0 Å². The first kappa shape index (κ1) is 46.4. The smallest absolute Gasteiger partial charge is 0.311 e. The van der Waals surface area contributed by atoms with Gasteiger partial charge < -0.3 is 58.5 Å². The molecule has 0 aliphatic carbocycles. The van der Waals surface area contributed by atoms with Crippen LogP contribution in [0.25, 0.3) is 0 Å². The molecule has 2 bridgehead atoms. The van der Waals surface area contributed by atoms with Crippen LogP contribution in [0.3, 0.4) is 0 Å². The molecular weight excluding hydrogens is 712 g/mol.